The third-order valence-electron chi connectivity index (χ3n) is 2.68. The Bertz CT molecular complexity index is 432. The molecule has 0 aromatic rings. The first-order valence-electron chi connectivity index (χ1n) is 7.73. The van der Waals surface area contributed by atoms with E-state index in [-0.39, 0.29) is 12.8 Å². The molecule has 7 nitrogen and oxygen atoms in total. The predicted molar refractivity (Wildman–Crippen MR) is 92.6 cm³/mol. The molecule has 0 saturated carbocycles. The van der Waals surface area contributed by atoms with E-state index in [1.165, 1.54) is 13.2 Å². The lowest BCUT2D eigenvalue weighted by Gasteiger charge is -2.21. The fourth-order valence-corrected chi connectivity index (χ4v) is 2.50. The average molecular weight is 385 g/mol. The van der Waals surface area contributed by atoms with Crippen LogP contribution in [0.25, 0.3) is 0 Å². The van der Waals surface area contributed by atoms with Crippen molar-refractivity contribution in [3.63, 3.8) is 0 Å². The Kier molecular flexibility index (Phi) is 10.8. The van der Waals surface area contributed by atoms with Gasteiger partial charge in [-0.05, 0) is 51.7 Å². The van der Waals surface area contributed by atoms with E-state index in [0.717, 1.165) is 0 Å². The topological polar surface area (TPSA) is 102 Å². The van der Waals surface area contributed by atoms with E-state index in [0.29, 0.717) is 12.8 Å². The number of unbranched alkanes of at least 4 members (excludes halogenated alkanes) is 1. The first-order valence-corrected chi connectivity index (χ1v) is 10.5. The van der Waals surface area contributed by atoms with E-state index in [1.54, 1.807) is 27.7 Å². The normalized spacial score (nSPS) is 16.8. The molecule has 0 amide bonds. The van der Waals surface area contributed by atoms with Gasteiger partial charge >= 0.3 is 11.9 Å². The van der Waals surface area contributed by atoms with Crippen LogP contribution in [0.3, 0.4) is 0 Å². The maximum Gasteiger partial charge on any atom is 0.309 e. The Labute approximate surface area is 149 Å². The van der Waals surface area contributed by atoms with Crippen molar-refractivity contribution in [1.29, 1.82) is 0 Å². The van der Waals surface area contributed by atoms with Crippen LogP contribution in [0.15, 0.2) is 0 Å². The molecule has 0 spiro atoms. The van der Waals surface area contributed by atoms with Crippen LogP contribution in [-0.2, 0) is 45.5 Å². The molecule has 0 radical (unpaired) electrons. The quantitative estimate of drug-likeness (QED) is 0.323. The smallest absolute Gasteiger partial charge is 0.309 e. The molecule has 142 valence electrons. The molecule has 0 aliphatic rings. The number of esters is 2. The predicted octanol–water partition coefficient (Wildman–Crippen LogP) is 2.18. The molecule has 0 bridgehead atoms. The number of rotatable bonds is 10. The van der Waals surface area contributed by atoms with Crippen LogP contribution in [-0.4, -0.2) is 43.4 Å². The van der Waals surface area contributed by atoms with E-state index >= 15 is 0 Å². The van der Waals surface area contributed by atoms with Crippen LogP contribution < -0.4 is 0 Å². The molecule has 0 N–H and O–H groups in total. The summed E-state index contributed by atoms with van der Waals surface area (Å²) in [5.74, 6) is -0.941. The van der Waals surface area contributed by atoms with Crippen LogP contribution in [0.4, 0.5) is 0 Å². The highest BCUT2D eigenvalue weighted by Gasteiger charge is 2.23. The van der Waals surface area contributed by atoms with Gasteiger partial charge in [-0.25, -0.2) is 4.21 Å². The highest BCUT2D eigenvalue weighted by Crippen LogP contribution is 2.14. The van der Waals surface area contributed by atoms with Gasteiger partial charge in [-0.1, -0.05) is 0 Å². The standard InChI is InChI=1S/C15H28O7S2/c1-11(23(6)18)20-13(16)9-7-8-10-14(17)21-12(2)24(19)22-15(3,4)5/h11-12H,7-10H2,1-6H3. The Balaban J connectivity index is 3.94. The molecule has 4 atom stereocenters. The molecule has 0 aliphatic carbocycles. The molecule has 9 heteroatoms. The molecule has 24 heavy (non-hydrogen) atoms. The third-order valence-corrected chi connectivity index (χ3v) is 5.01. The molecule has 4 unspecified atom stereocenters. The second-order valence-electron chi connectivity index (χ2n) is 6.28. The lowest BCUT2D eigenvalue weighted by Crippen LogP contribution is -2.28. The first kappa shape index (κ1) is 23.4. The van der Waals surface area contributed by atoms with Crippen molar-refractivity contribution in [3.05, 3.63) is 0 Å². The number of hydrogen-bond donors (Lipinski definition) is 0. The Hall–Kier alpha value is -0.640. The Morgan fingerprint density at radius 2 is 1.54 bits per heavy atom. The van der Waals surface area contributed by atoms with Gasteiger partial charge < -0.3 is 14.0 Å². The molecule has 0 rings (SSSR count). The van der Waals surface area contributed by atoms with Gasteiger partial charge in [-0.3, -0.25) is 13.8 Å². The van der Waals surface area contributed by atoms with Crippen molar-refractivity contribution in [2.24, 2.45) is 0 Å². The summed E-state index contributed by atoms with van der Waals surface area (Å²) in [6.45, 7) is 8.34. The Morgan fingerprint density at radius 1 is 1.08 bits per heavy atom. The van der Waals surface area contributed by atoms with Crippen molar-refractivity contribution >= 4 is 34.2 Å². The average Bonchev–Trinajstić information content (AvgIpc) is 2.41. The van der Waals surface area contributed by atoms with Crippen LogP contribution in [0, 0.1) is 0 Å². The zero-order chi connectivity index (χ0) is 18.9. The number of carbonyl (C=O) groups is 2. The zero-order valence-electron chi connectivity index (χ0n) is 15.2. The summed E-state index contributed by atoms with van der Waals surface area (Å²) in [4.78, 5) is 23.1. The summed E-state index contributed by atoms with van der Waals surface area (Å²) >= 11 is -2.95. The molecule has 0 heterocycles. The van der Waals surface area contributed by atoms with Crippen molar-refractivity contribution in [3.8, 4) is 0 Å². The van der Waals surface area contributed by atoms with E-state index < -0.39 is 50.7 Å². The summed E-state index contributed by atoms with van der Waals surface area (Å²) in [5, 5.41) is 0. The maximum atomic E-state index is 11.8. The summed E-state index contributed by atoms with van der Waals surface area (Å²) in [6, 6.07) is 0. The monoisotopic (exact) mass is 384 g/mol. The molecular weight excluding hydrogens is 356 g/mol. The molecule has 0 fully saturated rings. The van der Waals surface area contributed by atoms with Crippen LogP contribution >= 0.6 is 0 Å². The number of carbonyl (C=O) groups excluding carboxylic acids is 2. The molecule has 0 aliphatic heterocycles. The Morgan fingerprint density at radius 3 is 1.96 bits per heavy atom. The lowest BCUT2D eigenvalue weighted by molar-refractivity contribution is -0.147. The second kappa shape index (κ2) is 11.1. The highest BCUT2D eigenvalue weighted by molar-refractivity contribution is 7.91. The van der Waals surface area contributed by atoms with Crippen LogP contribution in [0.2, 0.25) is 0 Å². The van der Waals surface area contributed by atoms with Crippen molar-refractivity contribution in [2.45, 2.75) is 76.8 Å². The second-order valence-corrected chi connectivity index (χ2v) is 9.29. The summed E-state index contributed by atoms with van der Waals surface area (Å²) in [5.41, 5.74) is -2.09. The van der Waals surface area contributed by atoms with E-state index in [1.807, 2.05) is 0 Å². The van der Waals surface area contributed by atoms with E-state index in [4.69, 9.17) is 13.7 Å². The fraction of sp³-hybridized carbons (Fsp3) is 0.867. The minimum absolute atomic E-state index is 0.111. The van der Waals surface area contributed by atoms with Crippen molar-refractivity contribution in [1.82, 2.24) is 0 Å². The van der Waals surface area contributed by atoms with Gasteiger partial charge in [0.05, 0.1) is 11.9 Å². The van der Waals surface area contributed by atoms with Gasteiger partial charge in [-0.2, -0.15) is 0 Å². The van der Waals surface area contributed by atoms with Crippen molar-refractivity contribution in [2.75, 3.05) is 6.26 Å². The highest BCUT2D eigenvalue weighted by atomic mass is 32.2. The molecule has 0 aromatic heterocycles. The first-order chi connectivity index (χ1) is 10.9. The van der Waals surface area contributed by atoms with E-state index in [2.05, 4.69) is 0 Å². The third kappa shape index (κ3) is 11.8. The minimum atomic E-state index is -1.73. The lowest BCUT2D eigenvalue weighted by atomic mass is 10.2. The minimum Gasteiger partial charge on any atom is -0.614 e. The maximum absolute atomic E-state index is 11.8. The van der Waals surface area contributed by atoms with Crippen LogP contribution in [0.1, 0.15) is 60.3 Å². The van der Waals surface area contributed by atoms with E-state index in [9.17, 15) is 18.4 Å². The summed E-state index contributed by atoms with van der Waals surface area (Å²) < 4.78 is 38.1. The van der Waals surface area contributed by atoms with Crippen LogP contribution in [0.5, 0.6) is 0 Å². The molecule has 0 aromatic carbocycles. The van der Waals surface area contributed by atoms with Gasteiger partial charge in [0.15, 0.2) is 16.5 Å². The van der Waals surface area contributed by atoms with Crippen molar-refractivity contribution < 1.29 is 32.0 Å². The largest absolute Gasteiger partial charge is 0.614 e. The van der Waals surface area contributed by atoms with Gasteiger partial charge in [0, 0.05) is 19.8 Å². The van der Waals surface area contributed by atoms with Gasteiger partial charge in [0.2, 0.25) is 0 Å². The fourth-order valence-electron chi connectivity index (χ4n) is 1.45. The summed E-state index contributed by atoms with van der Waals surface area (Å²) in [7, 11) is 0. The SMILES string of the molecule is CC(OC(=O)CCCCC(=O)OC(C)[S+](C)[O-])S(=O)OC(C)(C)C. The van der Waals surface area contributed by atoms with Gasteiger partial charge in [0.25, 0.3) is 5.44 Å². The molecule has 0 saturated heterocycles. The zero-order valence-corrected chi connectivity index (χ0v) is 16.8. The van der Waals surface area contributed by atoms with Gasteiger partial charge in [-0.15, -0.1) is 0 Å². The number of hydrogen-bond acceptors (Lipinski definition) is 7. The summed E-state index contributed by atoms with van der Waals surface area (Å²) in [6.07, 6.45) is 2.61. The molecular formula is C15H28O7S2. The van der Waals surface area contributed by atoms with Gasteiger partial charge in [0.1, 0.15) is 0 Å². The number of ether oxygens (including phenoxy) is 2.